The Kier molecular flexibility index (Phi) is 7.39. The summed E-state index contributed by atoms with van der Waals surface area (Å²) in [5.74, 6) is -1.39. The Balaban J connectivity index is 2.66. The third kappa shape index (κ3) is 4.41. The highest BCUT2D eigenvalue weighted by Crippen LogP contribution is 2.35. The van der Waals surface area contributed by atoms with Crippen LogP contribution >= 0.6 is 0 Å². The van der Waals surface area contributed by atoms with E-state index >= 15 is 0 Å². The molecule has 154 valence electrons. The maximum atomic E-state index is 12.9. The summed E-state index contributed by atoms with van der Waals surface area (Å²) in [5.41, 5.74) is 2.20. The first kappa shape index (κ1) is 22.0. The van der Waals surface area contributed by atoms with Crippen LogP contribution in [0.5, 0.6) is 0 Å². The lowest BCUT2D eigenvalue weighted by molar-refractivity contribution is -0.171. The molecule has 29 heavy (non-hydrogen) atoms. The molecule has 2 rings (SSSR count). The van der Waals surface area contributed by atoms with Crippen molar-refractivity contribution in [3.8, 4) is 0 Å². The molecule has 0 aliphatic rings. The van der Waals surface area contributed by atoms with Crippen molar-refractivity contribution in [2.75, 3.05) is 20.3 Å². The zero-order valence-electron chi connectivity index (χ0n) is 16.9. The van der Waals surface area contributed by atoms with E-state index in [2.05, 4.69) is 12.3 Å². The first-order valence-electron chi connectivity index (χ1n) is 9.31. The Labute approximate surface area is 169 Å². The molecule has 0 spiro atoms. The monoisotopic (exact) mass is 399 g/mol. The molecule has 0 atom stereocenters. The molecule has 7 nitrogen and oxygen atoms in total. The fourth-order valence-corrected chi connectivity index (χ4v) is 3.22. The van der Waals surface area contributed by atoms with Crippen LogP contribution in [0.15, 0.2) is 48.8 Å². The molecule has 0 amide bonds. The Bertz CT molecular complexity index is 933. The predicted octanol–water partition coefficient (Wildman–Crippen LogP) is 3.64. The molecule has 1 aromatic heterocycles. The number of ether oxygens (including phenoxy) is 3. The Morgan fingerprint density at radius 1 is 1.14 bits per heavy atom. The zero-order valence-corrected chi connectivity index (χ0v) is 16.9. The van der Waals surface area contributed by atoms with E-state index in [9.17, 15) is 14.4 Å². The minimum absolute atomic E-state index is 0.00585. The van der Waals surface area contributed by atoms with Crippen LogP contribution in [0.25, 0.3) is 10.9 Å². The second-order valence-electron chi connectivity index (χ2n) is 6.32. The van der Waals surface area contributed by atoms with Crippen LogP contribution < -0.4 is 0 Å². The average Bonchev–Trinajstić information content (AvgIpc) is 3.09. The molecule has 0 N–H and O–H groups in total. The lowest BCUT2D eigenvalue weighted by Gasteiger charge is -2.27. The van der Waals surface area contributed by atoms with Gasteiger partial charge in [0.1, 0.15) is 0 Å². The minimum atomic E-state index is -1.62. The number of esters is 2. The van der Waals surface area contributed by atoms with Gasteiger partial charge in [0.25, 0.3) is 0 Å². The highest BCUT2D eigenvalue weighted by Gasteiger charge is 2.48. The third-order valence-corrected chi connectivity index (χ3v) is 4.59. The summed E-state index contributed by atoms with van der Waals surface area (Å²) >= 11 is 0. The number of rotatable bonds is 8. The molecule has 0 saturated carbocycles. The van der Waals surface area contributed by atoms with Crippen molar-refractivity contribution in [1.29, 1.82) is 0 Å². The lowest BCUT2D eigenvalue weighted by atomic mass is 9.78. The zero-order chi connectivity index (χ0) is 21.4. The standard InChI is InChI=1S/C22H25NO6/c1-5-8-13-22(19(24)28-6-2,20(25)29-7-3)14-16-15-23(21(26)27-4)18-12-10-9-11-17(16)18/h8-12,15H,1,6-7,13-14H2,2-4H3. The second kappa shape index (κ2) is 9.75. The average molecular weight is 399 g/mol. The molecular formula is C22H25NO6. The van der Waals surface area contributed by atoms with Crippen LogP contribution in [0.4, 0.5) is 4.79 Å². The van der Waals surface area contributed by atoms with Crippen LogP contribution in [0.2, 0.25) is 0 Å². The van der Waals surface area contributed by atoms with Crippen LogP contribution in [0, 0.1) is 5.41 Å². The number of para-hydroxylation sites is 1. The lowest BCUT2D eigenvalue weighted by Crippen LogP contribution is -2.43. The molecule has 0 saturated heterocycles. The first-order chi connectivity index (χ1) is 13.9. The molecular weight excluding hydrogens is 374 g/mol. The van der Waals surface area contributed by atoms with E-state index in [1.54, 1.807) is 32.2 Å². The van der Waals surface area contributed by atoms with Gasteiger partial charge in [-0.3, -0.25) is 14.2 Å². The number of hydrogen-bond donors (Lipinski definition) is 0. The van der Waals surface area contributed by atoms with Crippen molar-refractivity contribution in [3.63, 3.8) is 0 Å². The molecule has 0 aliphatic heterocycles. The van der Waals surface area contributed by atoms with E-state index in [-0.39, 0.29) is 26.1 Å². The normalized spacial score (nSPS) is 10.9. The van der Waals surface area contributed by atoms with Gasteiger partial charge < -0.3 is 14.2 Å². The number of aromatic nitrogens is 1. The maximum Gasteiger partial charge on any atom is 0.418 e. The number of hydrogen-bond acceptors (Lipinski definition) is 6. The summed E-state index contributed by atoms with van der Waals surface area (Å²) in [6, 6.07) is 7.17. The van der Waals surface area contributed by atoms with Crippen molar-refractivity contribution in [1.82, 2.24) is 4.57 Å². The van der Waals surface area contributed by atoms with E-state index in [0.29, 0.717) is 11.1 Å². The van der Waals surface area contributed by atoms with Crippen molar-refractivity contribution in [2.45, 2.75) is 26.7 Å². The number of fused-ring (bicyclic) bond motifs is 1. The van der Waals surface area contributed by atoms with Gasteiger partial charge in [0, 0.05) is 18.0 Å². The van der Waals surface area contributed by atoms with E-state index in [1.807, 2.05) is 12.1 Å². The van der Waals surface area contributed by atoms with Gasteiger partial charge in [0.05, 0.1) is 25.8 Å². The molecule has 2 aromatic rings. The number of methoxy groups -OCH3 is 1. The van der Waals surface area contributed by atoms with E-state index < -0.39 is 23.4 Å². The Hall–Kier alpha value is -3.31. The highest BCUT2D eigenvalue weighted by molar-refractivity contribution is 6.01. The fraction of sp³-hybridized carbons (Fsp3) is 0.364. The topological polar surface area (TPSA) is 83.8 Å². The van der Waals surface area contributed by atoms with Crippen molar-refractivity contribution < 1.29 is 28.6 Å². The molecule has 1 aromatic carbocycles. The fourth-order valence-electron chi connectivity index (χ4n) is 3.22. The second-order valence-corrected chi connectivity index (χ2v) is 6.32. The number of benzene rings is 1. The summed E-state index contributed by atoms with van der Waals surface area (Å²) in [4.78, 5) is 38.1. The van der Waals surface area contributed by atoms with Crippen molar-refractivity contribution in [2.24, 2.45) is 5.41 Å². The number of carbonyl (C=O) groups is 3. The highest BCUT2D eigenvalue weighted by atomic mass is 16.6. The summed E-state index contributed by atoms with van der Waals surface area (Å²) in [6.07, 6.45) is 2.49. The number of carbonyl (C=O) groups excluding carboxylic acids is 3. The van der Waals surface area contributed by atoms with Gasteiger partial charge in [-0.15, -0.1) is 5.73 Å². The van der Waals surface area contributed by atoms with Crippen LogP contribution in [-0.2, 0) is 30.2 Å². The SMILES string of the molecule is C=C=CCC(Cc1cn(C(=O)OC)c2ccccc12)(C(=O)OCC)C(=O)OCC. The quantitative estimate of drug-likeness (QED) is 0.292. The number of nitrogens with zero attached hydrogens (tertiary/aromatic N) is 1. The van der Waals surface area contributed by atoms with E-state index in [0.717, 1.165) is 5.39 Å². The Morgan fingerprint density at radius 3 is 2.31 bits per heavy atom. The third-order valence-electron chi connectivity index (χ3n) is 4.59. The molecule has 0 radical (unpaired) electrons. The van der Waals surface area contributed by atoms with Gasteiger partial charge >= 0.3 is 18.0 Å². The molecule has 1 heterocycles. The predicted molar refractivity (Wildman–Crippen MR) is 107 cm³/mol. The summed E-state index contributed by atoms with van der Waals surface area (Å²) in [5, 5.41) is 0.721. The van der Waals surface area contributed by atoms with Gasteiger partial charge in [-0.25, -0.2) is 4.79 Å². The van der Waals surface area contributed by atoms with Crippen LogP contribution in [-0.4, -0.2) is 42.9 Å². The first-order valence-corrected chi connectivity index (χ1v) is 9.31. The summed E-state index contributed by atoms with van der Waals surface area (Å²) in [7, 11) is 1.28. The smallest absolute Gasteiger partial charge is 0.418 e. The van der Waals surface area contributed by atoms with Gasteiger partial charge in [-0.05, 0) is 38.0 Å². The van der Waals surface area contributed by atoms with E-state index in [4.69, 9.17) is 14.2 Å². The molecule has 0 fully saturated rings. The van der Waals surface area contributed by atoms with Gasteiger partial charge in [-0.1, -0.05) is 24.8 Å². The van der Waals surface area contributed by atoms with Crippen LogP contribution in [0.3, 0.4) is 0 Å². The maximum absolute atomic E-state index is 12.9. The molecule has 7 heteroatoms. The summed E-state index contributed by atoms with van der Waals surface area (Å²) < 4.78 is 16.6. The summed E-state index contributed by atoms with van der Waals surface area (Å²) in [6.45, 7) is 7.08. The van der Waals surface area contributed by atoms with Crippen molar-refractivity contribution >= 4 is 28.9 Å². The van der Waals surface area contributed by atoms with Gasteiger partial charge in [0.2, 0.25) is 0 Å². The largest absolute Gasteiger partial charge is 0.465 e. The van der Waals surface area contributed by atoms with E-state index in [1.165, 1.54) is 17.8 Å². The van der Waals surface area contributed by atoms with Gasteiger partial charge in [-0.2, -0.15) is 0 Å². The number of allylic oxidation sites excluding steroid dienone is 1. The Morgan fingerprint density at radius 2 is 1.76 bits per heavy atom. The molecule has 0 bridgehead atoms. The minimum Gasteiger partial charge on any atom is -0.465 e. The van der Waals surface area contributed by atoms with Crippen LogP contribution in [0.1, 0.15) is 25.8 Å². The van der Waals surface area contributed by atoms with Gasteiger partial charge in [0.15, 0.2) is 5.41 Å². The van der Waals surface area contributed by atoms with Crippen molar-refractivity contribution in [3.05, 3.63) is 54.4 Å². The molecule has 0 unspecified atom stereocenters. The molecule has 0 aliphatic carbocycles.